The minimum atomic E-state index is -1.37. The summed E-state index contributed by atoms with van der Waals surface area (Å²) in [4.78, 5) is 39.2. The number of carbonyl (C=O) groups is 1. The Balaban J connectivity index is 1.58. The van der Waals surface area contributed by atoms with Gasteiger partial charge in [-0.2, -0.15) is 0 Å². The molecule has 0 spiro atoms. The van der Waals surface area contributed by atoms with Crippen molar-refractivity contribution in [2.24, 2.45) is 0 Å². The monoisotopic (exact) mass is 419 g/mol. The number of hydrogen-bond donors (Lipinski definition) is 3. The van der Waals surface area contributed by atoms with Crippen molar-refractivity contribution in [3.05, 3.63) is 62.9 Å². The first-order valence-corrected chi connectivity index (χ1v) is 9.50. The molecule has 10 nitrogen and oxygen atoms in total. The molecule has 0 unspecified atom stereocenters. The Labute approximate surface area is 172 Å². The Morgan fingerprint density at radius 3 is 2.73 bits per heavy atom. The van der Waals surface area contributed by atoms with Gasteiger partial charge in [0.05, 0.1) is 13.2 Å². The van der Waals surface area contributed by atoms with Gasteiger partial charge in [-0.25, -0.2) is 4.79 Å². The first kappa shape index (κ1) is 21.8. The lowest BCUT2D eigenvalue weighted by molar-refractivity contribution is -0.131. The van der Waals surface area contributed by atoms with Crippen molar-refractivity contribution in [2.45, 2.75) is 43.9 Å². The standard InChI is InChI=1S/C20H25N3O7/c1-22(11-12-4-3-5-13(10-12)29-2)16(25)7-6-14-17(26)18(27)19(30-14)23-9-8-15(24)21-20(23)28/h3-5,8-10,14,17-19,26-27H,6-7,11H2,1-2H3,(H,21,24,28)/t14-,17-,18-,19-/m1/s1. The summed E-state index contributed by atoms with van der Waals surface area (Å²) in [6, 6.07) is 8.51. The summed E-state index contributed by atoms with van der Waals surface area (Å²) in [7, 11) is 3.25. The van der Waals surface area contributed by atoms with E-state index < -0.39 is 35.8 Å². The summed E-state index contributed by atoms with van der Waals surface area (Å²) < 4.78 is 11.8. The van der Waals surface area contributed by atoms with Crippen molar-refractivity contribution < 1.29 is 24.5 Å². The van der Waals surface area contributed by atoms with Gasteiger partial charge in [0.1, 0.15) is 18.0 Å². The minimum absolute atomic E-state index is 0.0855. The van der Waals surface area contributed by atoms with Crippen LogP contribution in [0.25, 0.3) is 0 Å². The number of hydrogen-bond acceptors (Lipinski definition) is 7. The maximum absolute atomic E-state index is 12.5. The second kappa shape index (κ2) is 9.24. The van der Waals surface area contributed by atoms with E-state index in [0.29, 0.717) is 12.3 Å². The summed E-state index contributed by atoms with van der Waals surface area (Å²) in [5.74, 6) is 0.543. The second-order valence-corrected chi connectivity index (χ2v) is 7.20. The number of nitrogens with one attached hydrogen (secondary N) is 1. The quantitative estimate of drug-likeness (QED) is 0.556. The van der Waals surface area contributed by atoms with Gasteiger partial charge >= 0.3 is 5.69 Å². The average Bonchev–Trinajstić information content (AvgIpc) is 3.00. The van der Waals surface area contributed by atoms with Crippen molar-refractivity contribution in [3.8, 4) is 5.75 Å². The van der Waals surface area contributed by atoms with Crippen molar-refractivity contribution >= 4 is 5.91 Å². The van der Waals surface area contributed by atoms with Crippen LogP contribution in [0.4, 0.5) is 0 Å². The molecule has 0 bridgehead atoms. The van der Waals surface area contributed by atoms with E-state index in [4.69, 9.17) is 9.47 Å². The van der Waals surface area contributed by atoms with E-state index in [0.717, 1.165) is 16.2 Å². The molecule has 10 heteroatoms. The summed E-state index contributed by atoms with van der Waals surface area (Å²) in [6.07, 6.45) is -3.20. The number of aliphatic hydroxyl groups is 2. The molecule has 1 saturated heterocycles. The molecular formula is C20H25N3O7. The van der Waals surface area contributed by atoms with Gasteiger partial charge in [0.25, 0.3) is 5.56 Å². The smallest absolute Gasteiger partial charge is 0.330 e. The van der Waals surface area contributed by atoms with E-state index >= 15 is 0 Å². The zero-order chi connectivity index (χ0) is 21.8. The van der Waals surface area contributed by atoms with Crippen LogP contribution in [-0.4, -0.2) is 63.0 Å². The molecule has 1 fully saturated rings. The molecule has 162 valence electrons. The van der Waals surface area contributed by atoms with E-state index in [1.165, 1.54) is 6.20 Å². The predicted octanol–water partition coefficient (Wildman–Crippen LogP) is -0.397. The van der Waals surface area contributed by atoms with Crippen LogP contribution in [0.3, 0.4) is 0 Å². The Morgan fingerprint density at radius 1 is 1.27 bits per heavy atom. The Morgan fingerprint density at radius 2 is 2.03 bits per heavy atom. The zero-order valence-electron chi connectivity index (χ0n) is 16.7. The Bertz CT molecular complexity index is 1000. The normalized spacial score (nSPS) is 23.3. The molecule has 0 saturated carbocycles. The molecule has 30 heavy (non-hydrogen) atoms. The number of ether oxygens (including phenoxy) is 2. The summed E-state index contributed by atoms with van der Waals surface area (Å²) in [5, 5.41) is 20.5. The molecule has 1 aliphatic heterocycles. The molecule has 2 aromatic rings. The van der Waals surface area contributed by atoms with Gasteiger partial charge < -0.3 is 24.6 Å². The number of aliphatic hydroxyl groups excluding tert-OH is 2. The van der Waals surface area contributed by atoms with Gasteiger partial charge in [0.15, 0.2) is 6.23 Å². The Hall–Kier alpha value is -2.95. The zero-order valence-corrected chi connectivity index (χ0v) is 16.7. The number of methoxy groups -OCH3 is 1. The molecular weight excluding hydrogens is 394 g/mol. The van der Waals surface area contributed by atoms with Gasteiger partial charge in [-0.15, -0.1) is 0 Å². The third kappa shape index (κ3) is 4.78. The second-order valence-electron chi connectivity index (χ2n) is 7.20. The molecule has 1 amide bonds. The number of amides is 1. The largest absolute Gasteiger partial charge is 0.497 e. The fraction of sp³-hybridized carbons (Fsp3) is 0.450. The molecule has 0 aliphatic carbocycles. The van der Waals surface area contributed by atoms with Gasteiger partial charge in [0, 0.05) is 32.3 Å². The van der Waals surface area contributed by atoms with E-state index in [1.807, 2.05) is 24.3 Å². The van der Waals surface area contributed by atoms with Gasteiger partial charge in [-0.05, 0) is 24.1 Å². The SMILES string of the molecule is COc1cccc(CN(C)C(=O)CC[C@H]2O[C@@H](n3ccc(=O)[nH]c3=O)[C@H](O)[C@@H]2O)c1. The highest BCUT2D eigenvalue weighted by atomic mass is 16.6. The highest BCUT2D eigenvalue weighted by Gasteiger charge is 2.44. The molecule has 1 aliphatic rings. The predicted molar refractivity (Wildman–Crippen MR) is 106 cm³/mol. The molecule has 4 atom stereocenters. The summed E-state index contributed by atoms with van der Waals surface area (Å²) in [5.41, 5.74) is -0.422. The lowest BCUT2D eigenvalue weighted by atomic mass is 10.1. The van der Waals surface area contributed by atoms with Crippen LogP contribution in [0, 0.1) is 0 Å². The topological polar surface area (TPSA) is 134 Å². The maximum Gasteiger partial charge on any atom is 0.330 e. The van der Waals surface area contributed by atoms with Crippen LogP contribution in [0.5, 0.6) is 5.75 Å². The number of rotatable bonds is 7. The van der Waals surface area contributed by atoms with Gasteiger partial charge in [-0.1, -0.05) is 12.1 Å². The summed E-state index contributed by atoms with van der Waals surface area (Å²) >= 11 is 0. The third-order valence-corrected chi connectivity index (χ3v) is 5.08. The molecule has 3 rings (SSSR count). The number of nitrogens with zero attached hydrogens (tertiary/aromatic N) is 2. The lowest BCUT2D eigenvalue weighted by Crippen LogP contribution is -2.37. The maximum atomic E-state index is 12.5. The molecule has 2 heterocycles. The fourth-order valence-electron chi connectivity index (χ4n) is 3.41. The Kier molecular flexibility index (Phi) is 6.70. The number of benzene rings is 1. The highest BCUT2D eigenvalue weighted by Crippen LogP contribution is 2.30. The van der Waals surface area contributed by atoms with Crippen LogP contribution >= 0.6 is 0 Å². The van der Waals surface area contributed by atoms with E-state index in [1.54, 1.807) is 19.1 Å². The third-order valence-electron chi connectivity index (χ3n) is 5.08. The lowest BCUT2D eigenvalue weighted by Gasteiger charge is -2.20. The van der Waals surface area contributed by atoms with E-state index in [9.17, 15) is 24.6 Å². The number of aromatic nitrogens is 2. The molecule has 0 radical (unpaired) electrons. The van der Waals surface area contributed by atoms with E-state index in [-0.39, 0.29) is 18.7 Å². The number of aromatic amines is 1. The van der Waals surface area contributed by atoms with Gasteiger partial charge in [-0.3, -0.25) is 19.1 Å². The van der Waals surface area contributed by atoms with Crippen LogP contribution in [0.2, 0.25) is 0 Å². The minimum Gasteiger partial charge on any atom is -0.497 e. The first-order chi connectivity index (χ1) is 14.3. The highest BCUT2D eigenvalue weighted by molar-refractivity contribution is 5.75. The molecule has 1 aromatic heterocycles. The van der Waals surface area contributed by atoms with E-state index in [2.05, 4.69) is 4.98 Å². The van der Waals surface area contributed by atoms with Crippen molar-refractivity contribution in [2.75, 3.05) is 14.2 Å². The van der Waals surface area contributed by atoms with Crippen LogP contribution in [-0.2, 0) is 16.1 Å². The summed E-state index contributed by atoms with van der Waals surface area (Å²) in [6.45, 7) is 0.391. The average molecular weight is 419 g/mol. The van der Waals surface area contributed by atoms with Crippen molar-refractivity contribution in [3.63, 3.8) is 0 Å². The van der Waals surface area contributed by atoms with Crippen LogP contribution in [0.1, 0.15) is 24.6 Å². The molecule has 3 N–H and O–H groups in total. The van der Waals surface area contributed by atoms with Crippen LogP contribution < -0.4 is 16.0 Å². The first-order valence-electron chi connectivity index (χ1n) is 9.50. The van der Waals surface area contributed by atoms with Crippen molar-refractivity contribution in [1.29, 1.82) is 0 Å². The van der Waals surface area contributed by atoms with Gasteiger partial charge in [0.2, 0.25) is 5.91 Å². The molecule has 1 aromatic carbocycles. The van der Waals surface area contributed by atoms with Crippen LogP contribution in [0.15, 0.2) is 46.1 Å². The fourth-order valence-corrected chi connectivity index (χ4v) is 3.41. The number of H-pyrrole nitrogens is 1. The number of carbonyl (C=O) groups excluding carboxylic acids is 1. The van der Waals surface area contributed by atoms with Crippen molar-refractivity contribution in [1.82, 2.24) is 14.5 Å².